The molecule has 0 radical (unpaired) electrons. The third-order valence-electron chi connectivity index (χ3n) is 3.84. The highest BCUT2D eigenvalue weighted by atomic mass is 16.1. The lowest BCUT2D eigenvalue weighted by molar-refractivity contribution is -0.118. The van der Waals surface area contributed by atoms with E-state index in [-0.39, 0.29) is 5.91 Å². The highest BCUT2D eigenvalue weighted by Gasteiger charge is 2.24. The van der Waals surface area contributed by atoms with Crippen molar-refractivity contribution in [3.8, 4) is 0 Å². The van der Waals surface area contributed by atoms with Crippen molar-refractivity contribution in [2.45, 2.75) is 59.4 Å². The summed E-state index contributed by atoms with van der Waals surface area (Å²) in [6.45, 7) is 8.38. The minimum Gasteiger partial charge on any atom is -0.350 e. The molecule has 2 nitrogen and oxygen atoms in total. The van der Waals surface area contributed by atoms with Crippen molar-refractivity contribution in [1.82, 2.24) is 5.32 Å². The summed E-state index contributed by atoms with van der Waals surface area (Å²) in [6, 6.07) is 0.400. The van der Waals surface area contributed by atoms with Gasteiger partial charge in [0.2, 0.25) is 5.91 Å². The lowest BCUT2D eigenvalue weighted by atomic mass is 9.79. The maximum absolute atomic E-state index is 11.7. The minimum absolute atomic E-state index is 0.107. The van der Waals surface area contributed by atoms with E-state index in [2.05, 4.69) is 19.2 Å². The van der Waals surface area contributed by atoms with Crippen LogP contribution in [0.25, 0.3) is 0 Å². The van der Waals surface area contributed by atoms with Crippen LogP contribution in [0.3, 0.4) is 0 Å². The predicted octanol–water partition coefficient (Wildman–Crippen LogP) is 3.28. The summed E-state index contributed by atoms with van der Waals surface area (Å²) in [7, 11) is 0. The first-order valence-corrected chi connectivity index (χ1v) is 6.48. The van der Waals surface area contributed by atoms with E-state index in [0.717, 1.165) is 30.3 Å². The van der Waals surface area contributed by atoms with Gasteiger partial charge in [0.1, 0.15) is 0 Å². The number of carbonyl (C=O) groups excluding carboxylic acids is 1. The normalized spacial score (nSPS) is 26.9. The zero-order valence-corrected chi connectivity index (χ0v) is 11.0. The topological polar surface area (TPSA) is 29.1 Å². The van der Waals surface area contributed by atoms with Gasteiger partial charge in [0.05, 0.1) is 0 Å². The molecule has 1 rings (SSSR count). The molecule has 92 valence electrons. The Hall–Kier alpha value is -0.790. The Morgan fingerprint density at radius 3 is 2.25 bits per heavy atom. The van der Waals surface area contributed by atoms with E-state index in [1.165, 1.54) is 12.8 Å². The molecule has 1 fully saturated rings. The summed E-state index contributed by atoms with van der Waals surface area (Å²) in [6.07, 6.45) is 6.68. The molecule has 0 bridgehead atoms. The van der Waals surface area contributed by atoms with Crippen LogP contribution in [0.4, 0.5) is 0 Å². The van der Waals surface area contributed by atoms with Gasteiger partial charge < -0.3 is 5.32 Å². The Kier molecular flexibility index (Phi) is 5.04. The summed E-state index contributed by atoms with van der Waals surface area (Å²) < 4.78 is 0. The van der Waals surface area contributed by atoms with Gasteiger partial charge in [-0.2, -0.15) is 0 Å². The maximum Gasteiger partial charge on any atom is 0.246 e. The number of hydrogen-bond donors (Lipinski definition) is 1. The van der Waals surface area contributed by atoms with Crippen molar-refractivity contribution >= 4 is 5.91 Å². The second kappa shape index (κ2) is 6.07. The molecule has 1 aliphatic rings. The number of amides is 1. The Labute approximate surface area is 99.5 Å². The average molecular weight is 223 g/mol. The van der Waals surface area contributed by atoms with Crippen LogP contribution in [-0.2, 0) is 4.79 Å². The van der Waals surface area contributed by atoms with Gasteiger partial charge in [0.15, 0.2) is 0 Å². The van der Waals surface area contributed by atoms with Crippen LogP contribution in [0.1, 0.15) is 53.4 Å². The fourth-order valence-corrected chi connectivity index (χ4v) is 2.36. The van der Waals surface area contributed by atoms with Crippen molar-refractivity contribution in [2.24, 2.45) is 11.8 Å². The molecule has 0 aromatic rings. The molecule has 0 spiro atoms. The molecular weight excluding hydrogens is 198 g/mol. The van der Waals surface area contributed by atoms with Crippen LogP contribution in [-0.4, -0.2) is 11.9 Å². The third kappa shape index (κ3) is 3.66. The van der Waals surface area contributed by atoms with Gasteiger partial charge in [-0.1, -0.05) is 19.9 Å². The van der Waals surface area contributed by atoms with Crippen molar-refractivity contribution in [3.05, 3.63) is 11.6 Å². The van der Waals surface area contributed by atoms with Crippen LogP contribution in [0, 0.1) is 11.8 Å². The van der Waals surface area contributed by atoms with Gasteiger partial charge in [-0.05, 0) is 51.4 Å². The van der Waals surface area contributed by atoms with E-state index >= 15 is 0 Å². The Morgan fingerprint density at radius 1 is 1.25 bits per heavy atom. The summed E-state index contributed by atoms with van der Waals surface area (Å²) >= 11 is 0. The van der Waals surface area contributed by atoms with E-state index < -0.39 is 0 Å². The van der Waals surface area contributed by atoms with Crippen molar-refractivity contribution < 1.29 is 4.79 Å². The molecule has 1 aliphatic carbocycles. The Balaban J connectivity index is 2.35. The third-order valence-corrected chi connectivity index (χ3v) is 3.84. The smallest absolute Gasteiger partial charge is 0.246 e. The number of rotatable bonds is 3. The van der Waals surface area contributed by atoms with Crippen LogP contribution >= 0.6 is 0 Å². The molecule has 0 saturated heterocycles. The monoisotopic (exact) mass is 223 g/mol. The fraction of sp³-hybridized carbons (Fsp3) is 0.786. The molecule has 16 heavy (non-hydrogen) atoms. The van der Waals surface area contributed by atoms with Gasteiger partial charge in [0, 0.05) is 11.6 Å². The van der Waals surface area contributed by atoms with E-state index in [1.807, 2.05) is 19.9 Å². The summed E-state index contributed by atoms with van der Waals surface area (Å²) in [5, 5.41) is 3.12. The zero-order valence-electron chi connectivity index (χ0n) is 11.0. The number of allylic oxidation sites excluding steroid dienone is 1. The summed E-state index contributed by atoms with van der Waals surface area (Å²) in [4.78, 5) is 11.7. The molecule has 0 unspecified atom stereocenters. The lowest BCUT2D eigenvalue weighted by Gasteiger charge is -2.31. The van der Waals surface area contributed by atoms with Crippen LogP contribution in [0.2, 0.25) is 0 Å². The second-order valence-corrected chi connectivity index (χ2v) is 5.30. The van der Waals surface area contributed by atoms with Gasteiger partial charge in [-0.15, -0.1) is 0 Å². The standard InChI is InChI=1S/C14H25NO/c1-5-11(4)14(16)15-13-8-6-12(7-9-13)10(2)3/h5,10,12-13H,6-9H2,1-4H3,(H,15,16)/b11-5+. The average Bonchev–Trinajstić information content (AvgIpc) is 2.28. The highest BCUT2D eigenvalue weighted by molar-refractivity contribution is 5.92. The predicted molar refractivity (Wildman–Crippen MR) is 68.2 cm³/mol. The van der Waals surface area contributed by atoms with E-state index in [1.54, 1.807) is 0 Å². The number of hydrogen-bond acceptors (Lipinski definition) is 1. The van der Waals surface area contributed by atoms with Gasteiger partial charge in [0.25, 0.3) is 0 Å². The number of carbonyl (C=O) groups is 1. The molecule has 0 aliphatic heterocycles. The Morgan fingerprint density at radius 2 is 1.81 bits per heavy atom. The molecule has 0 heterocycles. The first-order chi connectivity index (χ1) is 7.54. The molecular formula is C14H25NO. The fourth-order valence-electron chi connectivity index (χ4n) is 2.36. The van der Waals surface area contributed by atoms with Gasteiger partial charge in [-0.25, -0.2) is 0 Å². The van der Waals surface area contributed by atoms with E-state index in [9.17, 15) is 4.79 Å². The zero-order chi connectivity index (χ0) is 12.1. The lowest BCUT2D eigenvalue weighted by Crippen LogP contribution is -2.38. The largest absolute Gasteiger partial charge is 0.350 e. The number of nitrogens with one attached hydrogen (secondary N) is 1. The first kappa shape index (κ1) is 13.3. The molecule has 0 aromatic carbocycles. The minimum atomic E-state index is 0.107. The van der Waals surface area contributed by atoms with Crippen LogP contribution < -0.4 is 5.32 Å². The van der Waals surface area contributed by atoms with Crippen LogP contribution in [0.5, 0.6) is 0 Å². The molecule has 1 amide bonds. The molecule has 1 N–H and O–H groups in total. The molecule has 0 aromatic heterocycles. The molecule has 2 heteroatoms. The Bertz CT molecular complexity index is 260. The molecule has 1 saturated carbocycles. The van der Waals surface area contributed by atoms with E-state index in [0.29, 0.717) is 6.04 Å². The highest BCUT2D eigenvalue weighted by Crippen LogP contribution is 2.29. The van der Waals surface area contributed by atoms with Crippen LogP contribution in [0.15, 0.2) is 11.6 Å². The maximum atomic E-state index is 11.7. The summed E-state index contributed by atoms with van der Waals surface area (Å²) in [5.41, 5.74) is 0.825. The van der Waals surface area contributed by atoms with Crippen molar-refractivity contribution in [1.29, 1.82) is 0 Å². The first-order valence-electron chi connectivity index (χ1n) is 6.48. The quantitative estimate of drug-likeness (QED) is 0.731. The van der Waals surface area contributed by atoms with Gasteiger partial charge >= 0.3 is 0 Å². The SMILES string of the molecule is C/C=C(\C)C(=O)NC1CCC(C(C)C)CC1. The van der Waals surface area contributed by atoms with Crippen molar-refractivity contribution in [3.63, 3.8) is 0 Å². The van der Waals surface area contributed by atoms with E-state index in [4.69, 9.17) is 0 Å². The van der Waals surface area contributed by atoms with Gasteiger partial charge in [-0.3, -0.25) is 4.79 Å². The van der Waals surface area contributed by atoms with Crippen molar-refractivity contribution in [2.75, 3.05) is 0 Å². The second-order valence-electron chi connectivity index (χ2n) is 5.30. The molecule has 0 atom stereocenters. The summed E-state index contributed by atoms with van der Waals surface area (Å²) in [5.74, 6) is 1.75.